The number of fused-ring (bicyclic) bond motifs is 1. The van der Waals surface area contributed by atoms with Gasteiger partial charge < -0.3 is 20.5 Å². The summed E-state index contributed by atoms with van der Waals surface area (Å²) in [4.78, 5) is 38.5. The van der Waals surface area contributed by atoms with Crippen molar-refractivity contribution in [3.05, 3.63) is 23.2 Å². The smallest absolute Gasteiger partial charge is 0.296 e. The van der Waals surface area contributed by atoms with Crippen molar-refractivity contribution in [2.45, 2.75) is 4.34 Å². The maximum Gasteiger partial charge on any atom is 0.296 e. The first-order valence-electron chi connectivity index (χ1n) is 7.18. The largest absolute Gasteiger partial charge is 0.491 e. The lowest BCUT2D eigenvalue weighted by atomic mass is 10.1. The highest BCUT2D eigenvalue weighted by Crippen LogP contribution is 2.46. The van der Waals surface area contributed by atoms with Crippen LogP contribution in [0.2, 0.25) is 0 Å². The fourth-order valence-corrected chi connectivity index (χ4v) is 4.21. The molecule has 0 unspecified atom stereocenters. The number of thiazole rings is 1. The summed E-state index contributed by atoms with van der Waals surface area (Å²) < 4.78 is 37.4. The van der Waals surface area contributed by atoms with Crippen molar-refractivity contribution < 1.29 is 32.3 Å². The number of rotatable bonds is 7. The first kappa shape index (κ1) is 18.6. The van der Waals surface area contributed by atoms with Gasteiger partial charge in [0, 0.05) is 11.6 Å². The molecular formula is C14H12N4O7S2. The first-order chi connectivity index (χ1) is 12.7. The average molecular weight is 412 g/mol. The summed E-state index contributed by atoms with van der Waals surface area (Å²) in [5.74, 6) is -2.97. The van der Waals surface area contributed by atoms with E-state index in [1.165, 1.54) is 18.7 Å². The normalized spacial score (nSPS) is 13.1. The van der Waals surface area contributed by atoms with E-state index in [1.54, 1.807) is 0 Å². The minimum atomic E-state index is -4.12. The van der Waals surface area contributed by atoms with E-state index < -0.39 is 34.2 Å². The zero-order valence-electron chi connectivity index (χ0n) is 13.6. The number of methoxy groups -OCH3 is 1. The molecule has 0 spiro atoms. The molecule has 13 heteroatoms. The number of nitrogens with two attached hydrogens (primary N) is 1. The number of primary amides is 1. The van der Waals surface area contributed by atoms with Crippen LogP contribution in [0, 0.1) is 0 Å². The molecule has 0 atom stereocenters. The number of carbonyl (C=O) groups is 3. The molecule has 0 fully saturated rings. The molecule has 1 aliphatic rings. The number of carbonyl (C=O) groups excluding carboxylic acids is 3. The molecule has 0 bridgehead atoms. The molecule has 2 aromatic rings. The molecule has 27 heavy (non-hydrogen) atoms. The number of hydrogen-bond donors (Lipinski definition) is 3. The van der Waals surface area contributed by atoms with Crippen LogP contribution in [0.3, 0.4) is 0 Å². The topological polar surface area (TPSA) is 167 Å². The van der Waals surface area contributed by atoms with E-state index in [-0.39, 0.29) is 32.8 Å². The Morgan fingerprint density at radius 3 is 2.70 bits per heavy atom. The van der Waals surface area contributed by atoms with Crippen molar-refractivity contribution in [1.82, 2.24) is 4.98 Å². The number of ketones is 1. The number of aromatic nitrogens is 1. The van der Waals surface area contributed by atoms with E-state index in [0.717, 1.165) is 17.4 Å². The van der Waals surface area contributed by atoms with Crippen LogP contribution in [0.5, 0.6) is 11.5 Å². The van der Waals surface area contributed by atoms with Crippen LogP contribution in [-0.4, -0.2) is 44.7 Å². The van der Waals surface area contributed by atoms with Crippen LogP contribution >= 0.6 is 11.3 Å². The maximum absolute atomic E-state index is 12.5. The summed E-state index contributed by atoms with van der Waals surface area (Å²) in [7, 11) is -2.89. The SMILES string of the molecule is COc1c2c(cc(NS(=O)(=O)c3nccs3)c1OCC(N)=O)C(=O)C(=O)N2. The summed E-state index contributed by atoms with van der Waals surface area (Å²) in [6, 6.07) is 1.11. The van der Waals surface area contributed by atoms with E-state index in [4.69, 9.17) is 15.2 Å². The lowest BCUT2D eigenvalue weighted by Crippen LogP contribution is -2.21. The van der Waals surface area contributed by atoms with Crippen LogP contribution in [0.15, 0.2) is 22.0 Å². The number of anilines is 2. The Morgan fingerprint density at radius 2 is 2.11 bits per heavy atom. The number of amides is 2. The monoisotopic (exact) mass is 412 g/mol. The molecule has 0 saturated carbocycles. The fourth-order valence-electron chi connectivity index (χ4n) is 2.32. The highest BCUT2D eigenvalue weighted by atomic mass is 32.2. The second kappa shape index (κ2) is 6.85. The summed E-state index contributed by atoms with van der Waals surface area (Å²) in [5.41, 5.74) is 4.74. The van der Waals surface area contributed by atoms with Gasteiger partial charge >= 0.3 is 0 Å². The number of nitrogens with zero attached hydrogens (tertiary/aromatic N) is 1. The Kier molecular flexibility index (Phi) is 4.72. The van der Waals surface area contributed by atoms with E-state index >= 15 is 0 Å². The number of sulfonamides is 1. The number of hydrogen-bond acceptors (Lipinski definition) is 9. The van der Waals surface area contributed by atoms with Crippen LogP contribution in [-0.2, 0) is 19.6 Å². The summed E-state index contributed by atoms with van der Waals surface area (Å²) in [6.07, 6.45) is 1.30. The van der Waals surface area contributed by atoms with E-state index in [0.29, 0.717) is 0 Å². The van der Waals surface area contributed by atoms with Gasteiger partial charge in [-0.3, -0.25) is 19.1 Å². The van der Waals surface area contributed by atoms with Gasteiger partial charge in [0.25, 0.3) is 27.6 Å². The Labute approximate surface area is 156 Å². The van der Waals surface area contributed by atoms with E-state index in [1.807, 2.05) is 0 Å². The molecule has 1 aliphatic heterocycles. The molecule has 142 valence electrons. The molecule has 1 aromatic carbocycles. The van der Waals surface area contributed by atoms with Crippen LogP contribution < -0.4 is 25.2 Å². The van der Waals surface area contributed by atoms with Crippen LogP contribution in [0.4, 0.5) is 11.4 Å². The van der Waals surface area contributed by atoms with Crippen LogP contribution in [0.25, 0.3) is 0 Å². The van der Waals surface area contributed by atoms with Gasteiger partial charge in [-0.1, -0.05) is 0 Å². The number of ether oxygens (including phenoxy) is 2. The Morgan fingerprint density at radius 1 is 1.37 bits per heavy atom. The predicted octanol–water partition coefficient (Wildman–Crippen LogP) is -0.0486. The second-order valence-electron chi connectivity index (χ2n) is 5.15. The molecule has 2 amide bonds. The molecular weight excluding hydrogens is 400 g/mol. The van der Waals surface area contributed by atoms with Gasteiger partial charge in [-0.15, -0.1) is 11.3 Å². The van der Waals surface area contributed by atoms with Gasteiger partial charge in [0.2, 0.25) is 4.34 Å². The minimum Gasteiger partial charge on any atom is -0.491 e. The van der Waals surface area contributed by atoms with Crippen molar-refractivity contribution in [3.63, 3.8) is 0 Å². The van der Waals surface area contributed by atoms with Crippen molar-refractivity contribution in [3.8, 4) is 11.5 Å². The van der Waals surface area contributed by atoms with Gasteiger partial charge in [0.1, 0.15) is 0 Å². The lowest BCUT2D eigenvalue weighted by molar-refractivity contribution is -0.120. The van der Waals surface area contributed by atoms with Gasteiger partial charge in [0.15, 0.2) is 18.1 Å². The zero-order chi connectivity index (χ0) is 19.8. The third-order valence-corrected chi connectivity index (χ3v) is 5.94. The quantitative estimate of drug-likeness (QED) is 0.532. The highest BCUT2D eigenvalue weighted by molar-refractivity contribution is 7.94. The third kappa shape index (κ3) is 3.41. The van der Waals surface area contributed by atoms with E-state index in [9.17, 15) is 22.8 Å². The van der Waals surface area contributed by atoms with Gasteiger partial charge in [-0.2, -0.15) is 8.42 Å². The Hall–Kier alpha value is -3.19. The Bertz CT molecular complexity index is 1050. The van der Waals surface area contributed by atoms with Crippen molar-refractivity contribution in [2.24, 2.45) is 5.73 Å². The number of Topliss-reactive ketones (excluding diaryl/α,β-unsaturated/α-hetero) is 1. The first-order valence-corrected chi connectivity index (χ1v) is 9.55. The van der Waals surface area contributed by atoms with Crippen molar-refractivity contribution in [2.75, 3.05) is 23.8 Å². The average Bonchev–Trinajstić information content (AvgIpc) is 3.23. The second-order valence-corrected chi connectivity index (χ2v) is 7.90. The molecule has 2 heterocycles. The maximum atomic E-state index is 12.5. The number of nitrogens with one attached hydrogen (secondary N) is 2. The standard InChI is InChI=1S/C14H12N4O7S2/c1-24-12-9-6(10(20)13(21)17-9)4-7(11(12)25-5-8(15)19)18-27(22,23)14-16-2-3-26-14/h2-4,18H,5H2,1H3,(H2,15,19)(H,17,20,21). The van der Waals surface area contributed by atoms with Crippen molar-refractivity contribution >= 4 is 50.3 Å². The third-order valence-electron chi connectivity index (χ3n) is 3.37. The summed E-state index contributed by atoms with van der Waals surface area (Å²) >= 11 is 0.868. The molecule has 4 N–H and O–H groups in total. The molecule has 0 saturated heterocycles. The Balaban J connectivity index is 2.15. The van der Waals surface area contributed by atoms with Gasteiger partial charge in [0.05, 0.1) is 24.0 Å². The van der Waals surface area contributed by atoms with Gasteiger partial charge in [-0.05, 0) is 6.07 Å². The minimum absolute atomic E-state index is 0.00386. The molecule has 1 aromatic heterocycles. The zero-order valence-corrected chi connectivity index (χ0v) is 15.3. The fraction of sp³-hybridized carbons (Fsp3) is 0.143. The molecule has 11 nitrogen and oxygen atoms in total. The highest BCUT2D eigenvalue weighted by Gasteiger charge is 2.35. The van der Waals surface area contributed by atoms with Gasteiger partial charge in [-0.25, -0.2) is 4.98 Å². The summed E-state index contributed by atoms with van der Waals surface area (Å²) in [6.45, 7) is -0.594. The number of benzene rings is 1. The van der Waals surface area contributed by atoms with Crippen LogP contribution in [0.1, 0.15) is 10.4 Å². The van der Waals surface area contributed by atoms with Crippen molar-refractivity contribution in [1.29, 1.82) is 0 Å². The molecule has 0 radical (unpaired) electrons. The summed E-state index contributed by atoms with van der Waals surface area (Å²) in [5, 5.41) is 3.78. The predicted molar refractivity (Wildman–Crippen MR) is 93.6 cm³/mol. The molecule has 0 aliphatic carbocycles. The lowest BCUT2D eigenvalue weighted by Gasteiger charge is -2.17. The molecule has 3 rings (SSSR count). The van der Waals surface area contributed by atoms with E-state index in [2.05, 4.69) is 15.0 Å².